The van der Waals surface area contributed by atoms with Crippen LogP contribution in [0.25, 0.3) is 0 Å². The molecule has 27 heavy (non-hydrogen) atoms. The van der Waals surface area contributed by atoms with Crippen LogP contribution in [0.15, 0.2) is 47.4 Å². The minimum Gasteiger partial charge on any atom is -0.476 e. The van der Waals surface area contributed by atoms with Crippen LogP contribution in [0.5, 0.6) is 5.75 Å². The molecule has 0 aromatic heterocycles. The molecule has 1 N–H and O–H groups in total. The molecule has 3 rings (SSSR count). The van der Waals surface area contributed by atoms with E-state index < -0.39 is 21.9 Å². The van der Waals surface area contributed by atoms with Gasteiger partial charge >= 0.3 is 0 Å². The molecule has 0 fully saturated rings. The van der Waals surface area contributed by atoms with Crippen molar-refractivity contribution in [3.05, 3.63) is 53.8 Å². The van der Waals surface area contributed by atoms with Crippen LogP contribution < -0.4 is 14.4 Å². The van der Waals surface area contributed by atoms with Crippen molar-refractivity contribution in [3.63, 3.8) is 0 Å². The largest absolute Gasteiger partial charge is 0.476 e. The van der Waals surface area contributed by atoms with Gasteiger partial charge in [-0.1, -0.05) is 25.1 Å². The van der Waals surface area contributed by atoms with Gasteiger partial charge in [-0.15, -0.1) is 0 Å². The van der Waals surface area contributed by atoms with Gasteiger partial charge in [-0.05, 0) is 43.2 Å². The van der Waals surface area contributed by atoms with Crippen molar-refractivity contribution in [3.8, 4) is 5.75 Å². The van der Waals surface area contributed by atoms with Gasteiger partial charge < -0.3 is 10.1 Å². The summed E-state index contributed by atoms with van der Waals surface area (Å²) in [5.74, 6) is -0.737. The number of para-hydroxylation sites is 2. The second-order valence-electron chi connectivity index (χ2n) is 6.31. The van der Waals surface area contributed by atoms with E-state index in [0.29, 0.717) is 17.8 Å². The molecule has 0 saturated heterocycles. The summed E-state index contributed by atoms with van der Waals surface area (Å²) in [7, 11) is -4.08. The minimum atomic E-state index is -4.08. The number of amides is 1. The number of rotatable bonds is 5. The van der Waals surface area contributed by atoms with Crippen molar-refractivity contribution in [2.45, 2.75) is 31.3 Å². The van der Waals surface area contributed by atoms with Crippen molar-refractivity contribution < 1.29 is 22.3 Å². The van der Waals surface area contributed by atoms with Crippen LogP contribution in [-0.4, -0.2) is 33.5 Å². The summed E-state index contributed by atoms with van der Waals surface area (Å²) in [4.78, 5) is 12.2. The van der Waals surface area contributed by atoms with Crippen LogP contribution in [0.4, 0.5) is 10.1 Å². The normalized spacial score (nSPS) is 16.4. The summed E-state index contributed by atoms with van der Waals surface area (Å²) in [5, 5.41) is 2.72. The monoisotopic (exact) mass is 392 g/mol. The van der Waals surface area contributed by atoms with Crippen LogP contribution in [-0.2, 0) is 14.8 Å². The Morgan fingerprint density at radius 2 is 2.04 bits per heavy atom. The molecule has 0 spiro atoms. The lowest BCUT2D eigenvalue weighted by Gasteiger charge is -2.35. The number of carbonyl (C=O) groups excluding carboxylic acids is 1. The molecule has 144 valence electrons. The Morgan fingerprint density at radius 1 is 1.30 bits per heavy atom. The third kappa shape index (κ3) is 3.75. The van der Waals surface area contributed by atoms with E-state index in [1.54, 1.807) is 31.2 Å². The minimum absolute atomic E-state index is 0.132. The van der Waals surface area contributed by atoms with E-state index in [9.17, 15) is 17.6 Å². The zero-order chi connectivity index (χ0) is 19.6. The van der Waals surface area contributed by atoms with Crippen molar-refractivity contribution >= 4 is 21.6 Å². The number of nitrogens with zero attached hydrogens (tertiary/aromatic N) is 1. The highest BCUT2D eigenvalue weighted by atomic mass is 32.2. The molecule has 2 aromatic carbocycles. The number of benzene rings is 2. The Hall–Kier alpha value is -2.61. The number of hydrogen-bond acceptors (Lipinski definition) is 4. The van der Waals surface area contributed by atoms with E-state index in [-0.39, 0.29) is 23.1 Å². The van der Waals surface area contributed by atoms with Gasteiger partial charge in [-0.3, -0.25) is 9.10 Å². The maximum atomic E-state index is 13.7. The Kier molecular flexibility index (Phi) is 5.36. The smallest absolute Gasteiger partial charge is 0.264 e. The predicted molar refractivity (Wildman–Crippen MR) is 99.8 cm³/mol. The van der Waals surface area contributed by atoms with Crippen molar-refractivity contribution in [1.29, 1.82) is 0 Å². The second-order valence-corrected chi connectivity index (χ2v) is 8.14. The zero-order valence-corrected chi connectivity index (χ0v) is 15.9. The molecule has 1 aliphatic rings. The number of fused-ring (bicyclic) bond motifs is 1. The Bertz CT molecular complexity index is 962. The standard InChI is InChI=1S/C19H21FN2O4S/c1-3-10-21-19(23)17-12-22(15-6-4-5-7-16(15)26-17)27(24,25)18-11-14(20)9-8-13(18)2/h4-9,11,17H,3,10,12H2,1-2H3,(H,21,23). The predicted octanol–water partition coefficient (Wildman–Crippen LogP) is 2.62. The number of nitrogens with one attached hydrogen (secondary N) is 1. The first-order valence-electron chi connectivity index (χ1n) is 8.67. The number of halogens is 1. The van der Waals surface area contributed by atoms with Gasteiger partial charge in [-0.2, -0.15) is 0 Å². The molecular weight excluding hydrogens is 371 g/mol. The molecule has 0 bridgehead atoms. The first kappa shape index (κ1) is 19.2. The average Bonchev–Trinajstić information content (AvgIpc) is 2.66. The number of anilines is 1. The Labute approximate surface area is 158 Å². The summed E-state index contributed by atoms with van der Waals surface area (Å²) in [6.45, 7) is 3.80. The lowest BCUT2D eigenvalue weighted by Crippen LogP contribution is -2.50. The van der Waals surface area contributed by atoms with E-state index >= 15 is 0 Å². The van der Waals surface area contributed by atoms with Crippen LogP contribution in [0.3, 0.4) is 0 Å². The summed E-state index contributed by atoms with van der Waals surface area (Å²) in [5.41, 5.74) is 0.744. The third-order valence-electron chi connectivity index (χ3n) is 4.29. The maximum Gasteiger partial charge on any atom is 0.264 e. The molecule has 0 radical (unpaired) electrons. The summed E-state index contributed by atoms with van der Waals surface area (Å²) in [6, 6.07) is 10.2. The van der Waals surface area contributed by atoms with Crippen LogP contribution >= 0.6 is 0 Å². The molecule has 2 aromatic rings. The lowest BCUT2D eigenvalue weighted by molar-refractivity contribution is -0.127. The van der Waals surface area contributed by atoms with Crippen LogP contribution in [0.2, 0.25) is 0 Å². The third-order valence-corrected chi connectivity index (χ3v) is 6.22. The highest BCUT2D eigenvalue weighted by molar-refractivity contribution is 7.92. The number of carbonyl (C=O) groups is 1. The highest BCUT2D eigenvalue weighted by Gasteiger charge is 2.38. The number of ether oxygens (including phenoxy) is 1. The molecule has 8 heteroatoms. The fourth-order valence-corrected chi connectivity index (χ4v) is 4.61. The van der Waals surface area contributed by atoms with Crippen molar-refractivity contribution in [2.24, 2.45) is 0 Å². The van der Waals surface area contributed by atoms with Crippen molar-refractivity contribution in [1.82, 2.24) is 5.32 Å². The molecule has 1 atom stereocenters. The van der Waals surface area contributed by atoms with Gasteiger partial charge in [0.05, 0.1) is 17.1 Å². The first-order chi connectivity index (χ1) is 12.8. The van der Waals surface area contributed by atoms with Gasteiger partial charge in [0.25, 0.3) is 15.9 Å². The molecule has 1 aliphatic heterocycles. The van der Waals surface area contributed by atoms with E-state index in [2.05, 4.69) is 5.32 Å². The molecular formula is C19H21FN2O4S. The highest BCUT2D eigenvalue weighted by Crippen LogP contribution is 2.37. The fourth-order valence-electron chi connectivity index (χ4n) is 2.90. The summed E-state index contributed by atoms with van der Waals surface area (Å²) >= 11 is 0. The molecule has 0 saturated carbocycles. The molecule has 1 amide bonds. The summed E-state index contributed by atoms with van der Waals surface area (Å²) < 4.78 is 47.1. The summed E-state index contributed by atoms with van der Waals surface area (Å²) in [6.07, 6.45) is -0.241. The van der Waals surface area contributed by atoms with Crippen molar-refractivity contribution in [2.75, 3.05) is 17.4 Å². The van der Waals surface area contributed by atoms with Crippen LogP contribution in [0.1, 0.15) is 18.9 Å². The van der Waals surface area contributed by atoms with E-state index in [4.69, 9.17) is 4.74 Å². The lowest BCUT2D eigenvalue weighted by atomic mass is 10.2. The molecule has 1 unspecified atom stereocenters. The van der Waals surface area contributed by atoms with Gasteiger partial charge in [0.2, 0.25) is 0 Å². The Morgan fingerprint density at radius 3 is 2.78 bits per heavy atom. The van der Waals surface area contributed by atoms with Crippen LogP contribution in [0, 0.1) is 12.7 Å². The zero-order valence-electron chi connectivity index (χ0n) is 15.1. The van der Waals surface area contributed by atoms with Gasteiger partial charge in [0.1, 0.15) is 11.6 Å². The topological polar surface area (TPSA) is 75.7 Å². The average molecular weight is 392 g/mol. The van der Waals surface area contributed by atoms with Gasteiger partial charge in [0, 0.05) is 6.54 Å². The fraction of sp³-hybridized carbons (Fsp3) is 0.316. The maximum absolute atomic E-state index is 13.7. The molecule has 6 nitrogen and oxygen atoms in total. The van der Waals surface area contributed by atoms with E-state index in [0.717, 1.165) is 16.8 Å². The first-order valence-corrected chi connectivity index (χ1v) is 10.1. The van der Waals surface area contributed by atoms with E-state index in [1.165, 1.54) is 12.1 Å². The molecule has 0 aliphatic carbocycles. The number of hydrogen-bond donors (Lipinski definition) is 1. The molecule has 1 heterocycles. The Balaban J connectivity index is 2.04. The number of aryl methyl sites for hydroxylation is 1. The quantitative estimate of drug-likeness (QED) is 0.849. The second kappa shape index (κ2) is 7.56. The van der Waals surface area contributed by atoms with E-state index in [1.807, 2.05) is 6.92 Å². The van der Waals surface area contributed by atoms with Gasteiger partial charge in [0.15, 0.2) is 6.10 Å². The van der Waals surface area contributed by atoms with Gasteiger partial charge in [-0.25, -0.2) is 12.8 Å². The SMILES string of the molecule is CCCNC(=O)C1CN(S(=O)(=O)c2cc(F)ccc2C)c2ccccc2O1. The number of sulfonamides is 1.